The zero-order valence-corrected chi connectivity index (χ0v) is 16.9. The number of ether oxygens (including phenoxy) is 1. The van der Waals surface area contributed by atoms with Gasteiger partial charge in [-0.3, -0.25) is 0 Å². The molecular weight excluding hydrogens is 363 g/mol. The van der Waals surface area contributed by atoms with Crippen LogP contribution in [-0.2, 0) is 5.41 Å². The van der Waals surface area contributed by atoms with Gasteiger partial charge in [-0.2, -0.15) is 0 Å². The van der Waals surface area contributed by atoms with Gasteiger partial charge in [0.25, 0.3) is 0 Å². The molecule has 0 bridgehead atoms. The second kappa shape index (κ2) is 6.73. The molecule has 152 valence electrons. The van der Waals surface area contributed by atoms with E-state index >= 15 is 0 Å². The quantitative estimate of drug-likeness (QED) is 0.686. The Labute approximate surface area is 172 Å². The van der Waals surface area contributed by atoms with Gasteiger partial charge in [0.05, 0.1) is 6.61 Å². The summed E-state index contributed by atoms with van der Waals surface area (Å²) in [5.74, 6) is 1.20. The molecule has 0 amide bonds. The SMILES string of the molecule is Fc1ccc(OCCCN2CCC3C(C2)c2cccc4c2N3CCC42CC2)cc1. The maximum Gasteiger partial charge on any atom is 0.123 e. The lowest BCUT2D eigenvalue weighted by atomic mass is 9.85. The van der Waals surface area contributed by atoms with Crippen LogP contribution in [-0.4, -0.2) is 43.7 Å². The van der Waals surface area contributed by atoms with E-state index in [1.807, 2.05) is 0 Å². The van der Waals surface area contributed by atoms with Gasteiger partial charge < -0.3 is 14.5 Å². The molecule has 6 rings (SSSR count). The van der Waals surface area contributed by atoms with Gasteiger partial charge in [-0.05, 0) is 72.9 Å². The molecule has 4 heteroatoms. The van der Waals surface area contributed by atoms with Gasteiger partial charge in [0.15, 0.2) is 0 Å². The number of hydrogen-bond acceptors (Lipinski definition) is 3. The molecular formula is C25H29FN2O. The summed E-state index contributed by atoms with van der Waals surface area (Å²) in [7, 11) is 0. The number of rotatable bonds is 5. The van der Waals surface area contributed by atoms with Gasteiger partial charge in [0, 0.05) is 43.8 Å². The topological polar surface area (TPSA) is 15.7 Å². The number of hydrogen-bond donors (Lipinski definition) is 0. The molecule has 3 aliphatic heterocycles. The van der Waals surface area contributed by atoms with Crippen LogP contribution in [0.25, 0.3) is 0 Å². The Balaban J connectivity index is 1.10. The summed E-state index contributed by atoms with van der Waals surface area (Å²) in [5.41, 5.74) is 5.43. The lowest BCUT2D eigenvalue weighted by Gasteiger charge is -2.41. The summed E-state index contributed by atoms with van der Waals surface area (Å²) >= 11 is 0. The number of fused-ring (bicyclic) bond motifs is 4. The van der Waals surface area contributed by atoms with Crippen molar-refractivity contribution in [2.75, 3.05) is 37.7 Å². The van der Waals surface area contributed by atoms with E-state index in [4.69, 9.17) is 4.74 Å². The number of benzene rings is 2. The molecule has 2 aromatic carbocycles. The standard InChI is InChI=1S/C25H29FN2O/c26-18-5-7-19(8-6-18)29-16-2-13-27-14-9-23-21(17-27)20-3-1-4-22-24(20)28(23)15-12-25(22)10-11-25/h1,3-8,21,23H,2,9-17H2. The number of anilines is 1. The van der Waals surface area contributed by atoms with E-state index in [2.05, 4.69) is 28.0 Å². The fraction of sp³-hybridized carbons (Fsp3) is 0.520. The van der Waals surface area contributed by atoms with Crippen LogP contribution in [0.4, 0.5) is 10.1 Å². The Kier molecular flexibility index (Phi) is 4.12. The van der Waals surface area contributed by atoms with E-state index in [-0.39, 0.29) is 5.82 Å². The predicted molar refractivity (Wildman–Crippen MR) is 113 cm³/mol. The highest BCUT2D eigenvalue weighted by Gasteiger charge is 2.53. The fourth-order valence-corrected chi connectivity index (χ4v) is 6.09. The van der Waals surface area contributed by atoms with Crippen molar-refractivity contribution >= 4 is 5.69 Å². The number of nitrogens with zero attached hydrogens (tertiary/aromatic N) is 2. The summed E-state index contributed by atoms with van der Waals surface area (Å²) in [6, 6.07) is 14.2. The van der Waals surface area contributed by atoms with Crippen molar-refractivity contribution in [2.45, 2.75) is 49.5 Å². The number of likely N-dealkylation sites (tertiary alicyclic amines) is 1. The van der Waals surface area contributed by atoms with E-state index in [9.17, 15) is 4.39 Å². The molecule has 1 saturated heterocycles. The minimum atomic E-state index is -0.217. The molecule has 1 saturated carbocycles. The molecule has 2 atom stereocenters. The Morgan fingerprint density at radius 1 is 1.03 bits per heavy atom. The van der Waals surface area contributed by atoms with Crippen molar-refractivity contribution in [3.63, 3.8) is 0 Å². The zero-order chi connectivity index (χ0) is 19.4. The minimum Gasteiger partial charge on any atom is -0.494 e. The number of para-hydroxylation sites is 1. The van der Waals surface area contributed by atoms with Gasteiger partial charge in [-0.25, -0.2) is 4.39 Å². The number of piperidine rings is 1. The largest absolute Gasteiger partial charge is 0.494 e. The van der Waals surface area contributed by atoms with Crippen molar-refractivity contribution in [1.29, 1.82) is 0 Å². The first kappa shape index (κ1) is 17.8. The van der Waals surface area contributed by atoms with Gasteiger partial charge in [0.2, 0.25) is 0 Å². The van der Waals surface area contributed by atoms with Crippen molar-refractivity contribution in [3.8, 4) is 5.75 Å². The molecule has 3 heterocycles. The van der Waals surface area contributed by atoms with E-state index in [1.165, 1.54) is 57.5 Å². The highest BCUT2D eigenvalue weighted by molar-refractivity contribution is 5.71. The first-order valence-electron chi connectivity index (χ1n) is 11.2. The summed E-state index contributed by atoms with van der Waals surface area (Å²) in [6.07, 6.45) is 6.43. The first-order valence-corrected chi connectivity index (χ1v) is 11.2. The van der Waals surface area contributed by atoms with E-state index in [1.54, 1.807) is 28.9 Å². The highest BCUT2D eigenvalue weighted by atomic mass is 19.1. The Bertz CT molecular complexity index is 908. The van der Waals surface area contributed by atoms with Crippen molar-refractivity contribution in [1.82, 2.24) is 4.90 Å². The highest BCUT2D eigenvalue weighted by Crippen LogP contribution is 2.60. The third-order valence-corrected chi connectivity index (χ3v) is 7.77. The predicted octanol–water partition coefficient (Wildman–Crippen LogP) is 4.71. The molecule has 2 fully saturated rings. The normalized spacial score (nSPS) is 26.3. The zero-order valence-electron chi connectivity index (χ0n) is 16.9. The summed E-state index contributed by atoms with van der Waals surface area (Å²) in [6.45, 7) is 5.37. The van der Waals surface area contributed by atoms with Crippen LogP contribution in [0.1, 0.15) is 49.1 Å². The third-order valence-electron chi connectivity index (χ3n) is 7.77. The Morgan fingerprint density at radius 2 is 1.90 bits per heavy atom. The lowest BCUT2D eigenvalue weighted by Crippen LogP contribution is -2.48. The average molecular weight is 393 g/mol. The first-order chi connectivity index (χ1) is 14.2. The van der Waals surface area contributed by atoms with Gasteiger partial charge in [-0.15, -0.1) is 0 Å². The molecule has 2 unspecified atom stereocenters. The molecule has 2 aromatic rings. The number of halogens is 1. The Morgan fingerprint density at radius 3 is 2.72 bits per heavy atom. The smallest absolute Gasteiger partial charge is 0.123 e. The van der Waals surface area contributed by atoms with Crippen LogP contribution >= 0.6 is 0 Å². The molecule has 0 N–H and O–H groups in total. The van der Waals surface area contributed by atoms with Crippen molar-refractivity contribution in [2.24, 2.45) is 0 Å². The van der Waals surface area contributed by atoms with E-state index in [0.29, 0.717) is 24.0 Å². The Hall–Kier alpha value is -2.07. The molecule has 29 heavy (non-hydrogen) atoms. The van der Waals surface area contributed by atoms with E-state index < -0.39 is 0 Å². The average Bonchev–Trinajstić information content (AvgIpc) is 3.46. The van der Waals surface area contributed by atoms with Crippen LogP contribution in [0.5, 0.6) is 5.75 Å². The molecule has 0 radical (unpaired) electrons. The molecule has 1 spiro atoms. The monoisotopic (exact) mass is 392 g/mol. The second-order valence-corrected chi connectivity index (χ2v) is 9.39. The van der Waals surface area contributed by atoms with Crippen molar-refractivity contribution in [3.05, 3.63) is 59.4 Å². The fourth-order valence-electron chi connectivity index (χ4n) is 6.09. The van der Waals surface area contributed by atoms with Crippen LogP contribution in [0.15, 0.2) is 42.5 Å². The van der Waals surface area contributed by atoms with Crippen LogP contribution in [0.2, 0.25) is 0 Å². The van der Waals surface area contributed by atoms with Gasteiger partial charge in [0.1, 0.15) is 11.6 Å². The van der Waals surface area contributed by atoms with Gasteiger partial charge >= 0.3 is 0 Å². The van der Waals surface area contributed by atoms with E-state index in [0.717, 1.165) is 18.7 Å². The second-order valence-electron chi connectivity index (χ2n) is 9.39. The van der Waals surface area contributed by atoms with Crippen molar-refractivity contribution < 1.29 is 9.13 Å². The van der Waals surface area contributed by atoms with Crippen LogP contribution in [0.3, 0.4) is 0 Å². The van der Waals surface area contributed by atoms with Crippen LogP contribution < -0.4 is 9.64 Å². The maximum atomic E-state index is 13.0. The summed E-state index contributed by atoms with van der Waals surface area (Å²) in [5, 5.41) is 0. The maximum absolute atomic E-state index is 13.0. The molecule has 1 aliphatic carbocycles. The molecule has 4 aliphatic rings. The van der Waals surface area contributed by atoms with Crippen LogP contribution in [0, 0.1) is 5.82 Å². The molecule has 0 aromatic heterocycles. The lowest BCUT2D eigenvalue weighted by molar-refractivity contribution is 0.177. The minimum absolute atomic E-state index is 0.217. The van der Waals surface area contributed by atoms with Gasteiger partial charge in [-0.1, -0.05) is 18.2 Å². The summed E-state index contributed by atoms with van der Waals surface area (Å²) < 4.78 is 18.8. The summed E-state index contributed by atoms with van der Waals surface area (Å²) in [4.78, 5) is 5.40. The molecule has 3 nitrogen and oxygen atoms in total. The third kappa shape index (κ3) is 2.95.